The van der Waals surface area contributed by atoms with Crippen molar-refractivity contribution in [2.75, 3.05) is 26.9 Å². The molecule has 0 saturated heterocycles. The largest absolute Gasteiger partial charge is 0.490 e. The zero-order valence-electron chi connectivity index (χ0n) is 10.7. The van der Waals surface area contributed by atoms with E-state index >= 15 is 0 Å². The molecule has 0 bridgehead atoms. The summed E-state index contributed by atoms with van der Waals surface area (Å²) in [5, 5.41) is 8.87. The maximum absolute atomic E-state index is 10.8. The molecule has 0 atom stereocenters. The van der Waals surface area contributed by atoms with E-state index in [2.05, 4.69) is 0 Å². The van der Waals surface area contributed by atoms with Crippen LogP contribution in [0.5, 0.6) is 11.5 Å². The third kappa shape index (κ3) is 3.48. The Morgan fingerprint density at radius 1 is 1.37 bits per heavy atom. The number of ether oxygens (including phenoxy) is 3. The van der Waals surface area contributed by atoms with Crippen LogP contribution in [-0.2, 0) is 9.53 Å². The Labute approximate surface area is 111 Å². The summed E-state index contributed by atoms with van der Waals surface area (Å²) in [5.74, 6) is 0.329. The molecule has 1 aromatic carbocycles. The molecule has 0 radical (unpaired) electrons. The number of fused-ring (bicyclic) bond motifs is 1. The van der Waals surface area contributed by atoms with Gasteiger partial charge in [0.2, 0.25) is 0 Å². The van der Waals surface area contributed by atoms with Gasteiger partial charge in [-0.25, -0.2) is 4.79 Å². The lowest BCUT2D eigenvalue weighted by atomic mass is 10.1. The van der Waals surface area contributed by atoms with Gasteiger partial charge in [0.25, 0.3) is 0 Å². The van der Waals surface area contributed by atoms with Gasteiger partial charge in [0.05, 0.1) is 19.8 Å². The Bertz CT molecular complexity index is 493. The molecule has 0 aromatic heterocycles. The van der Waals surface area contributed by atoms with Gasteiger partial charge in [-0.3, -0.25) is 0 Å². The summed E-state index contributed by atoms with van der Waals surface area (Å²) in [6, 6.07) is 5.39. The lowest BCUT2D eigenvalue weighted by Gasteiger charge is -2.11. The van der Waals surface area contributed by atoms with Gasteiger partial charge in [-0.05, 0) is 23.3 Å². The maximum Gasteiger partial charge on any atom is 0.328 e. The van der Waals surface area contributed by atoms with Gasteiger partial charge in [-0.1, -0.05) is 6.07 Å². The molecule has 102 valence electrons. The van der Waals surface area contributed by atoms with Gasteiger partial charge in [0.1, 0.15) is 0 Å². The Balaban J connectivity index is 2.33. The smallest absolute Gasteiger partial charge is 0.328 e. The Kier molecular flexibility index (Phi) is 4.41. The van der Waals surface area contributed by atoms with Crippen molar-refractivity contribution in [3.8, 4) is 11.5 Å². The number of aliphatic carboxylic acids is 1. The summed E-state index contributed by atoms with van der Waals surface area (Å²) < 4.78 is 16.1. The standard InChI is InChI=1S/C14H16O5/c1-17-9-11(8-14(15)16)10-3-4-12-13(7-10)19-6-2-5-18-12/h3-4,7-8H,2,5-6,9H2,1H3,(H,15,16)/b11-8+. The Morgan fingerprint density at radius 2 is 2.11 bits per heavy atom. The molecule has 0 saturated carbocycles. The van der Waals surface area contributed by atoms with Crippen molar-refractivity contribution < 1.29 is 24.1 Å². The Morgan fingerprint density at radius 3 is 2.79 bits per heavy atom. The molecule has 5 heteroatoms. The van der Waals surface area contributed by atoms with Crippen molar-refractivity contribution in [1.82, 2.24) is 0 Å². The summed E-state index contributed by atoms with van der Waals surface area (Å²) in [6.45, 7) is 1.45. The molecule has 0 amide bonds. The molecule has 19 heavy (non-hydrogen) atoms. The van der Waals surface area contributed by atoms with Gasteiger partial charge in [-0.15, -0.1) is 0 Å². The Hall–Kier alpha value is -2.01. The lowest BCUT2D eigenvalue weighted by molar-refractivity contribution is -0.131. The van der Waals surface area contributed by atoms with Crippen LogP contribution in [0.2, 0.25) is 0 Å². The molecule has 0 aliphatic carbocycles. The third-order valence-corrected chi connectivity index (χ3v) is 2.72. The molecule has 0 unspecified atom stereocenters. The zero-order valence-corrected chi connectivity index (χ0v) is 10.7. The summed E-state index contributed by atoms with van der Waals surface area (Å²) in [5.41, 5.74) is 1.35. The summed E-state index contributed by atoms with van der Waals surface area (Å²) in [6.07, 6.45) is 1.97. The normalized spacial score (nSPS) is 14.9. The van der Waals surface area contributed by atoms with Crippen molar-refractivity contribution in [2.45, 2.75) is 6.42 Å². The van der Waals surface area contributed by atoms with E-state index < -0.39 is 5.97 Å². The highest BCUT2D eigenvalue weighted by Gasteiger charge is 2.13. The van der Waals surface area contributed by atoms with Gasteiger partial charge in [0, 0.05) is 19.6 Å². The van der Waals surface area contributed by atoms with E-state index in [-0.39, 0.29) is 6.61 Å². The molecule has 1 N–H and O–H groups in total. The predicted molar refractivity (Wildman–Crippen MR) is 69.5 cm³/mol. The van der Waals surface area contributed by atoms with E-state index in [1.165, 1.54) is 7.11 Å². The van der Waals surface area contributed by atoms with Crippen LogP contribution in [0.4, 0.5) is 0 Å². The quantitative estimate of drug-likeness (QED) is 0.842. The number of hydrogen-bond acceptors (Lipinski definition) is 4. The van der Waals surface area contributed by atoms with Crippen LogP contribution in [0.3, 0.4) is 0 Å². The van der Waals surface area contributed by atoms with Crippen molar-refractivity contribution in [2.24, 2.45) is 0 Å². The number of carboxylic acid groups (broad SMARTS) is 1. The summed E-state index contributed by atoms with van der Waals surface area (Å²) in [7, 11) is 1.53. The molecule has 1 heterocycles. The molecule has 1 aliphatic rings. The lowest BCUT2D eigenvalue weighted by Crippen LogP contribution is -2.00. The number of carbonyl (C=O) groups is 1. The number of hydrogen-bond donors (Lipinski definition) is 1. The minimum atomic E-state index is -1.00. The highest BCUT2D eigenvalue weighted by molar-refractivity contribution is 5.90. The molecule has 5 nitrogen and oxygen atoms in total. The molecule has 0 spiro atoms. The summed E-state index contributed by atoms with van der Waals surface area (Å²) in [4.78, 5) is 10.8. The molecule has 1 aromatic rings. The van der Waals surface area contributed by atoms with Crippen molar-refractivity contribution in [3.63, 3.8) is 0 Å². The van der Waals surface area contributed by atoms with E-state index in [1.54, 1.807) is 18.2 Å². The third-order valence-electron chi connectivity index (χ3n) is 2.72. The number of benzene rings is 1. The maximum atomic E-state index is 10.8. The second-order valence-corrected chi connectivity index (χ2v) is 4.15. The van der Waals surface area contributed by atoms with Crippen LogP contribution < -0.4 is 9.47 Å². The topological polar surface area (TPSA) is 65.0 Å². The van der Waals surface area contributed by atoms with Crippen LogP contribution >= 0.6 is 0 Å². The van der Waals surface area contributed by atoms with Gasteiger partial charge >= 0.3 is 5.97 Å². The SMILES string of the molecule is COC/C(=C\C(=O)O)c1ccc2c(c1)OCCCO2. The van der Waals surface area contributed by atoms with Crippen molar-refractivity contribution >= 4 is 11.5 Å². The van der Waals surface area contributed by atoms with Crippen LogP contribution in [0.15, 0.2) is 24.3 Å². The average molecular weight is 264 g/mol. The minimum Gasteiger partial charge on any atom is -0.490 e. The van der Waals surface area contributed by atoms with E-state index in [9.17, 15) is 4.79 Å². The van der Waals surface area contributed by atoms with Gasteiger partial charge in [0.15, 0.2) is 11.5 Å². The summed E-state index contributed by atoms with van der Waals surface area (Å²) >= 11 is 0. The first-order valence-electron chi connectivity index (χ1n) is 6.03. The van der Waals surface area contributed by atoms with Crippen LogP contribution in [-0.4, -0.2) is 38.0 Å². The van der Waals surface area contributed by atoms with E-state index in [0.29, 0.717) is 30.3 Å². The fraction of sp³-hybridized carbons (Fsp3) is 0.357. The predicted octanol–water partition coefficient (Wildman–Crippen LogP) is 1.96. The van der Waals surface area contributed by atoms with Gasteiger partial charge < -0.3 is 19.3 Å². The monoisotopic (exact) mass is 264 g/mol. The van der Waals surface area contributed by atoms with Crippen molar-refractivity contribution in [1.29, 1.82) is 0 Å². The van der Waals surface area contributed by atoms with E-state index in [4.69, 9.17) is 19.3 Å². The fourth-order valence-electron chi connectivity index (χ4n) is 1.88. The second kappa shape index (κ2) is 6.24. The molecule has 1 aliphatic heterocycles. The molecule has 0 fully saturated rings. The molecular formula is C14H16O5. The van der Waals surface area contributed by atoms with Gasteiger partial charge in [-0.2, -0.15) is 0 Å². The number of carboxylic acids is 1. The van der Waals surface area contributed by atoms with Crippen LogP contribution in [0, 0.1) is 0 Å². The average Bonchev–Trinajstić information content (AvgIpc) is 2.62. The molecular weight excluding hydrogens is 248 g/mol. The zero-order chi connectivity index (χ0) is 13.7. The molecule has 2 rings (SSSR count). The first-order valence-corrected chi connectivity index (χ1v) is 6.03. The van der Waals surface area contributed by atoms with E-state index in [0.717, 1.165) is 18.1 Å². The highest BCUT2D eigenvalue weighted by Crippen LogP contribution is 2.32. The van der Waals surface area contributed by atoms with Crippen molar-refractivity contribution in [3.05, 3.63) is 29.8 Å². The minimum absolute atomic E-state index is 0.228. The highest BCUT2D eigenvalue weighted by atomic mass is 16.5. The first kappa shape index (κ1) is 13.4. The van der Waals surface area contributed by atoms with Crippen LogP contribution in [0.1, 0.15) is 12.0 Å². The van der Waals surface area contributed by atoms with E-state index in [1.807, 2.05) is 0 Å². The first-order chi connectivity index (χ1) is 9.20. The second-order valence-electron chi connectivity index (χ2n) is 4.15. The fourth-order valence-corrected chi connectivity index (χ4v) is 1.88. The number of methoxy groups -OCH3 is 1. The number of rotatable bonds is 4. The van der Waals surface area contributed by atoms with Crippen LogP contribution in [0.25, 0.3) is 5.57 Å².